The van der Waals surface area contributed by atoms with Crippen LogP contribution in [0, 0.1) is 0 Å². The summed E-state index contributed by atoms with van der Waals surface area (Å²) in [4.78, 5) is 15.0. The first-order valence-corrected chi connectivity index (χ1v) is 4.29. The van der Waals surface area contributed by atoms with E-state index in [1.54, 1.807) is 25.0 Å². The number of aromatic nitrogens is 3. The number of halogens is 1. The van der Waals surface area contributed by atoms with Crippen LogP contribution >= 0.6 is 11.6 Å². The third-order valence-corrected chi connectivity index (χ3v) is 1.63. The highest BCUT2D eigenvalue weighted by Gasteiger charge is 2.08. The molecule has 6 heteroatoms. The van der Waals surface area contributed by atoms with Crippen LogP contribution < -0.4 is 5.32 Å². The predicted octanol–water partition coefficient (Wildman–Crippen LogP) is 0.0586. The molecule has 0 aliphatic heterocycles. The quantitative estimate of drug-likeness (QED) is 0.706. The summed E-state index contributed by atoms with van der Waals surface area (Å²) < 4.78 is 1.58. The topological polar surface area (TPSA) is 59.8 Å². The molecule has 1 amide bonds. The Balaban J connectivity index is 2.39. The second-order valence-electron chi connectivity index (χ2n) is 2.67. The van der Waals surface area contributed by atoms with Crippen molar-refractivity contribution in [3.63, 3.8) is 0 Å². The van der Waals surface area contributed by atoms with Gasteiger partial charge in [0.1, 0.15) is 11.7 Å². The van der Waals surface area contributed by atoms with Crippen LogP contribution in [0.4, 0.5) is 0 Å². The number of nitrogens with zero attached hydrogens (tertiary/aromatic N) is 3. The van der Waals surface area contributed by atoms with Gasteiger partial charge in [0.05, 0.1) is 6.54 Å². The van der Waals surface area contributed by atoms with Gasteiger partial charge in [0.2, 0.25) is 5.91 Å². The van der Waals surface area contributed by atoms with Crippen molar-refractivity contribution in [1.82, 2.24) is 20.1 Å². The van der Waals surface area contributed by atoms with E-state index in [-0.39, 0.29) is 5.91 Å². The first-order chi connectivity index (χ1) is 6.09. The lowest BCUT2D eigenvalue weighted by molar-refractivity contribution is -0.120. The van der Waals surface area contributed by atoms with Crippen molar-refractivity contribution >= 4 is 17.5 Å². The molecule has 1 aromatic heterocycles. The van der Waals surface area contributed by atoms with Crippen molar-refractivity contribution in [1.29, 1.82) is 0 Å². The zero-order valence-electron chi connectivity index (χ0n) is 7.49. The first-order valence-electron chi connectivity index (χ1n) is 3.86. The fourth-order valence-corrected chi connectivity index (χ4v) is 0.849. The predicted molar refractivity (Wildman–Crippen MR) is 48.2 cm³/mol. The Morgan fingerprint density at radius 2 is 2.54 bits per heavy atom. The lowest BCUT2D eigenvalue weighted by Gasteiger charge is -2.02. The largest absolute Gasteiger partial charge is 0.347 e. The van der Waals surface area contributed by atoms with E-state index in [1.165, 1.54) is 0 Å². The van der Waals surface area contributed by atoms with Crippen LogP contribution in [-0.2, 0) is 18.4 Å². The van der Waals surface area contributed by atoms with E-state index in [1.807, 2.05) is 0 Å². The summed E-state index contributed by atoms with van der Waals surface area (Å²) in [5.41, 5.74) is 0. The summed E-state index contributed by atoms with van der Waals surface area (Å²) in [6.45, 7) is 1.93. The number of amides is 1. The summed E-state index contributed by atoms with van der Waals surface area (Å²) in [5, 5.41) is 6.07. The van der Waals surface area contributed by atoms with Gasteiger partial charge in [0, 0.05) is 7.05 Å². The smallest absolute Gasteiger partial charge is 0.238 e. The maximum absolute atomic E-state index is 11.0. The molecule has 1 aromatic rings. The number of hydrogen-bond donors (Lipinski definition) is 1. The number of nitrogens with one attached hydrogen (secondary N) is 1. The molecular formula is C7H11ClN4O. The van der Waals surface area contributed by atoms with E-state index in [0.29, 0.717) is 12.4 Å². The highest BCUT2D eigenvalue weighted by Crippen LogP contribution is 1.93. The molecule has 0 radical (unpaired) electrons. The lowest BCUT2D eigenvalue weighted by atomic mass is 10.4. The Morgan fingerprint density at radius 1 is 1.85 bits per heavy atom. The van der Waals surface area contributed by atoms with E-state index in [9.17, 15) is 4.79 Å². The van der Waals surface area contributed by atoms with Gasteiger partial charge in [0.15, 0.2) is 5.82 Å². The molecule has 72 valence electrons. The van der Waals surface area contributed by atoms with E-state index in [0.717, 1.165) is 0 Å². The van der Waals surface area contributed by atoms with E-state index >= 15 is 0 Å². The van der Waals surface area contributed by atoms with Crippen LogP contribution in [0.3, 0.4) is 0 Å². The normalized spacial score (nSPS) is 12.5. The first kappa shape index (κ1) is 9.98. The molecule has 0 saturated carbocycles. The maximum atomic E-state index is 11.0. The molecule has 1 unspecified atom stereocenters. The van der Waals surface area contributed by atoms with Gasteiger partial charge in [-0.05, 0) is 6.92 Å². The van der Waals surface area contributed by atoms with Crippen LogP contribution in [0.15, 0.2) is 6.33 Å². The molecular weight excluding hydrogens is 192 g/mol. The summed E-state index contributed by atoms with van der Waals surface area (Å²) in [6.07, 6.45) is 1.58. The zero-order chi connectivity index (χ0) is 9.84. The molecule has 1 rings (SSSR count). The molecule has 0 bridgehead atoms. The molecule has 1 atom stereocenters. The molecule has 1 N–H and O–H groups in total. The van der Waals surface area contributed by atoms with Crippen LogP contribution in [0.2, 0.25) is 0 Å². The molecule has 1 heterocycles. The summed E-state index contributed by atoms with van der Waals surface area (Å²) >= 11 is 5.54. The average Bonchev–Trinajstić information content (AvgIpc) is 2.47. The minimum atomic E-state index is -0.524. The molecule has 0 saturated heterocycles. The fourth-order valence-electron chi connectivity index (χ4n) is 0.772. The Labute approximate surface area is 81.1 Å². The third-order valence-electron chi connectivity index (χ3n) is 1.43. The van der Waals surface area contributed by atoms with E-state index in [2.05, 4.69) is 15.4 Å². The molecule has 13 heavy (non-hydrogen) atoms. The number of alkyl halides is 1. The van der Waals surface area contributed by atoms with Gasteiger partial charge in [-0.2, -0.15) is 5.10 Å². The number of rotatable bonds is 3. The van der Waals surface area contributed by atoms with Crippen molar-refractivity contribution in [2.45, 2.75) is 18.8 Å². The number of carbonyl (C=O) groups is 1. The number of aryl methyl sites for hydroxylation is 1. The Kier molecular flexibility index (Phi) is 3.25. The minimum absolute atomic E-state index is 0.214. The number of carbonyl (C=O) groups excluding carboxylic acids is 1. The van der Waals surface area contributed by atoms with E-state index in [4.69, 9.17) is 11.6 Å². The van der Waals surface area contributed by atoms with E-state index < -0.39 is 5.38 Å². The highest BCUT2D eigenvalue weighted by atomic mass is 35.5. The average molecular weight is 203 g/mol. The van der Waals surface area contributed by atoms with Gasteiger partial charge in [-0.15, -0.1) is 11.6 Å². The SMILES string of the molecule is CC(Cl)C(=O)NCc1ncn(C)n1. The van der Waals surface area contributed by atoms with Crippen LogP contribution in [0.5, 0.6) is 0 Å². The fraction of sp³-hybridized carbons (Fsp3) is 0.571. The van der Waals surface area contributed by atoms with Crippen LogP contribution in [0.1, 0.15) is 12.7 Å². The number of hydrogen-bond acceptors (Lipinski definition) is 3. The summed E-state index contributed by atoms with van der Waals surface area (Å²) in [7, 11) is 1.77. The second-order valence-corrected chi connectivity index (χ2v) is 3.32. The molecule has 0 spiro atoms. The third kappa shape index (κ3) is 3.02. The van der Waals surface area contributed by atoms with Gasteiger partial charge in [-0.3, -0.25) is 9.48 Å². The van der Waals surface area contributed by atoms with Crippen LogP contribution in [-0.4, -0.2) is 26.0 Å². The summed E-state index contributed by atoms with van der Waals surface area (Å²) in [5.74, 6) is 0.363. The van der Waals surface area contributed by atoms with Gasteiger partial charge in [0.25, 0.3) is 0 Å². The standard InChI is InChI=1S/C7H11ClN4O/c1-5(8)7(13)9-3-6-10-4-12(2)11-6/h4-5H,3H2,1-2H3,(H,9,13). The van der Waals surface area contributed by atoms with Crippen molar-refractivity contribution < 1.29 is 4.79 Å². The highest BCUT2D eigenvalue weighted by molar-refractivity contribution is 6.30. The Morgan fingerprint density at radius 3 is 3.00 bits per heavy atom. The molecule has 0 aromatic carbocycles. The monoisotopic (exact) mass is 202 g/mol. The Hall–Kier alpha value is -1.10. The molecule has 0 aliphatic carbocycles. The van der Waals surface area contributed by atoms with Gasteiger partial charge < -0.3 is 5.32 Å². The van der Waals surface area contributed by atoms with Crippen molar-refractivity contribution in [2.75, 3.05) is 0 Å². The van der Waals surface area contributed by atoms with Gasteiger partial charge in [-0.25, -0.2) is 4.98 Å². The van der Waals surface area contributed by atoms with Crippen molar-refractivity contribution in [3.05, 3.63) is 12.2 Å². The molecule has 0 fully saturated rings. The van der Waals surface area contributed by atoms with Crippen LogP contribution in [0.25, 0.3) is 0 Å². The van der Waals surface area contributed by atoms with Gasteiger partial charge in [-0.1, -0.05) is 0 Å². The Bertz CT molecular complexity index is 296. The summed E-state index contributed by atoms with van der Waals surface area (Å²) in [6, 6.07) is 0. The zero-order valence-corrected chi connectivity index (χ0v) is 8.25. The van der Waals surface area contributed by atoms with Gasteiger partial charge >= 0.3 is 0 Å². The lowest BCUT2D eigenvalue weighted by Crippen LogP contribution is -2.29. The van der Waals surface area contributed by atoms with Crippen molar-refractivity contribution in [3.8, 4) is 0 Å². The van der Waals surface area contributed by atoms with Crippen molar-refractivity contribution in [2.24, 2.45) is 7.05 Å². The molecule has 0 aliphatic rings. The maximum Gasteiger partial charge on any atom is 0.238 e. The second kappa shape index (κ2) is 4.23. The molecule has 5 nitrogen and oxygen atoms in total. The minimum Gasteiger partial charge on any atom is -0.347 e.